The van der Waals surface area contributed by atoms with Gasteiger partial charge in [-0.3, -0.25) is 14.4 Å². The van der Waals surface area contributed by atoms with Crippen LogP contribution in [0.5, 0.6) is 5.75 Å². The van der Waals surface area contributed by atoms with Crippen LogP contribution >= 0.6 is 0 Å². The average Bonchev–Trinajstić information content (AvgIpc) is 2.93. The van der Waals surface area contributed by atoms with Crippen molar-refractivity contribution in [3.63, 3.8) is 0 Å². The van der Waals surface area contributed by atoms with Crippen molar-refractivity contribution < 1.29 is 28.7 Å². The summed E-state index contributed by atoms with van der Waals surface area (Å²) in [5.41, 5.74) is 4.59. The van der Waals surface area contributed by atoms with Gasteiger partial charge >= 0.3 is 17.8 Å². The smallest absolute Gasteiger partial charge is 0.338 e. The van der Waals surface area contributed by atoms with E-state index in [0.29, 0.717) is 29.1 Å². The van der Waals surface area contributed by atoms with Crippen molar-refractivity contribution in [3.05, 3.63) is 95.6 Å². The lowest BCUT2D eigenvalue weighted by Gasteiger charge is -2.08. The number of rotatable bonds is 11. The van der Waals surface area contributed by atoms with Crippen molar-refractivity contribution in [2.45, 2.75) is 13.3 Å². The summed E-state index contributed by atoms with van der Waals surface area (Å²) in [6.45, 7) is 2.37. The van der Waals surface area contributed by atoms with Crippen LogP contribution in [-0.4, -0.2) is 49.7 Å². The maximum Gasteiger partial charge on any atom is 0.338 e. The van der Waals surface area contributed by atoms with Crippen LogP contribution in [0.15, 0.2) is 84.0 Å². The van der Waals surface area contributed by atoms with Gasteiger partial charge in [-0.25, -0.2) is 10.2 Å². The number of carbonyl (C=O) groups excluding carboxylic acids is 4. The highest BCUT2D eigenvalue weighted by Gasteiger charge is 2.13. The summed E-state index contributed by atoms with van der Waals surface area (Å²) in [7, 11) is 0. The first kappa shape index (κ1) is 27.6. The molecule has 0 heterocycles. The Hall–Kier alpha value is -4.99. The van der Waals surface area contributed by atoms with Crippen LogP contribution in [0.1, 0.15) is 28.4 Å². The Labute approximate surface area is 220 Å². The molecule has 0 aliphatic rings. The Kier molecular flexibility index (Phi) is 10.6. The monoisotopic (exact) mass is 516 g/mol. The summed E-state index contributed by atoms with van der Waals surface area (Å²) in [4.78, 5) is 47.7. The number of nitrogens with one attached hydrogen (secondary N) is 3. The third-order valence-electron chi connectivity index (χ3n) is 5.07. The van der Waals surface area contributed by atoms with Crippen molar-refractivity contribution in [1.29, 1.82) is 0 Å². The zero-order valence-electron chi connectivity index (χ0n) is 20.8. The zero-order valence-corrected chi connectivity index (χ0v) is 20.8. The van der Waals surface area contributed by atoms with Crippen molar-refractivity contribution in [3.8, 4) is 5.75 Å². The summed E-state index contributed by atoms with van der Waals surface area (Å²) >= 11 is 0. The van der Waals surface area contributed by atoms with Crippen LogP contribution in [0.4, 0.5) is 5.69 Å². The molecule has 0 aliphatic heterocycles. The van der Waals surface area contributed by atoms with Gasteiger partial charge in [-0.2, -0.15) is 5.10 Å². The summed E-state index contributed by atoms with van der Waals surface area (Å²) in [5.74, 6) is -2.08. The number of ether oxygens (including phenoxy) is 2. The highest BCUT2D eigenvalue weighted by Crippen LogP contribution is 2.12. The molecule has 196 valence electrons. The molecule has 38 heavy (non-hydrogen) atoms. The zero-order chi connectivity index (χ0) is 27.2. The van der Waals surface area contributed by atoms with Gasteiger partial charge in [-0.15, -0.1) is 0 Å². The summed E-state index contributed by atoms with van der Waals surface area (Å²) in [6.07, 6.45) is 2.10. The largest absolute Gasteiger partial charge is 0.484 e. The molecule has 3 aromatic rings. The van der Waals surface area contributed by atoms with E-state index in [1.807, 2.05) is 30.3 Å². The van der Waals surface area contributed by atoms with Crippen LogP contribution in [0.25, 0.3) is 0 Å². The fraction of sp³-hybridized carbons (Fsp3) is 0.179. The molecule has 0 unspecified atom stereocenters. The van der Waals surface area contributed by atoms with Crippen LogP contribution in [0, 0.1) is 0 Å². The molecule has 3 aromatic carbocycles. The van der Waals surface area contributed by atoms with Gasteiger partial charge in [-0.1, -0.05) is 30.3 Å². The highest BCUT2D eigenvalue weighted by atomic mass is 16.5. The molecule has 0 fully saturated rings. The average molecular weight is 517 g/mol. The molecule has 0 atom stereocenters. The SMILES string of the molecule is CCOC(=O)c1ccc(NC(=O)C(=O)N/N=C\c2ccc(OCC(=O)NCCc3ccccc3)cc2)cc1. The topological polar surface area (TPSA) is 135 Å². The predicted octanol–water partition coefficient (Wildman–Crippen LogP) is 2.69. The Bertz CT molecular complexity index is 1260. The minimum absolute atomic E-state index is 0.112. The lowest BCUT2D eigenvalue weighted by atomic mass is 10.1. The van der Waals surface area contributed by atoms with E-state index in [2.05, 4.69) is 21.2 Å². The second-order valence-corrected chi connectivity index (χ2v) is 7.89. The van der Waals surface area contributed by atoms with Crippen molar-refractivity contribution in [2.75, 3.05) is 25.1 Å². The fourth-order valence-electron chi connectivity index (χ4n) is 3.15. The number of amides is 3. The van der Waals surface area contributed by atoms with E-state index in [1.54, 1.807) is 31.2 Å². The Morgan fingerprint density at radius 2 is 1.58 bits per heavy atom. The molecule has 0 bridgehead atoms. The minimum atomic E-state index is -0.964. The second kappa shape index (κ2) is 14.5. The van der Waals surface area contributed by atoms with Gasteiger partial charge in [0.15, 0.2) is 6.61 Å². The van der Waals surface area contributed by atoms with E-state index in [4.69, 9.17) is 9.47 Å². The van der Waals surface area contributed by atoms with Gasteiger partial charge in [0.05, 0.1) is 18.4 Å². The van der Waals surface area contributed by atoms with Gasteiger partial charge in [0.25, 0.3) is 5.91 Å². The van der Waals surface area contributed by atoms with E-state index in [9.17, 15) is 19.2 Å². The van der Waals surface area contributed by atoms with E-state index >= 15 is 0 Å². The number of hydrogen-bond donors (Lipinski definition) is 3. The standard InChI is InChI=1S/C28H28N4O6/c1-2-37-28(36)22-10-12-23(13-11-22)31-26(34)27(35)32-30-18-21-8-14-24(15-9-21)38-19-25(33)29-17-16-20-6-4-3-5-7-20/h3-15,18H,2,16-17,19H2,1H3,(H,29,33)(H,31,34)(H,32,35)/b30-18-. The van der Waals surface area contributed by atoms with Crippen molar-refractivity contribution in [1.82, 2.24) is 10.7 Å². The maximum atomic E-state index is 12.0. The number of anilines is 1. The van der Waals surface area contributed by atoms with E-state index < -0.39 is 17.8 Å². The first-order valence-electron chi connectivity index (χ1n) is 11.9. The summed E-state index contributed by atoms with van der Waals surface area (Å²) < 4.78 is 10.4. The number of nitrogens with zero attached hydrogens (tertiary/aromatic N) is 1. The Morgan fingerprint density at radius 1 is 0.868 bits per heavy atom. The maximum absolute atomic E-state index is 12.0. The van der Waals surface area contributed by atoms with E-state index in [-0.39, 0.29) is 19.1 Å². The molecule has 0 saturated carbocycles. The highest BCUT2D eigenvalue weighted by molar-refractivity contribution is 6.39. The lowest BCUT2D eigenvalue weighted by Crippen LogP contribution is -2.32. The second-order valence-electron chi connectivity index (χ2n) is 7.89. The number of hydrogen-bond acceptors (Lipinski definition) is 7. The lowest BCUT2D eigenvalue weighted by molar-refractivity contribution is -0.136. The first-order valence-corrected chi connectivity index (χ1v) is 11.9. The number of esters is 1. The van der Waals surface area contributed by atoms with Gasteiger partial charge in [0.1, 0.15) is 5.75 Å². The van der Waals surface area contributed by atoms with Gasteiger partial charge in [0, 0.05) is 12.2 Å². The minimum Gasteiger partial charge on any atom is -0.484 e. The first-order chi connectivity index (χ1) is 18.4. The predicted molar refractivity (Wildman–Crippen MR) is 142 cm³/mol. The van der Waals surface area contributed by atoms with Gasteiger partial charge in [0.2, 0.25) is 0 Å². The quantitative estimate of drug-likeness (QED) is 0.155. The molecule has 0 aromatic heterocycles. The molecule has 3 N–H and O–H groups in total. The number of benzene rings is 3. The third kappa shape index (κ3) is 9.23. The Morgan fingerprint density at radius 3 is 2.26 bits per heavy atom. The molecule has 0 saturated heterocycles. The molecule has 3 rings (SSSR count). The molecule has 10 heteroatoms. The summed E-state index contributed by atoms with van der Waals surface area (Å²) in [5, 5.41) is 9.00. The van der Waals surface area contributed by atoms with Gasteiger partial charge in [-0.05, 0) is 73.0 Å². The molecular formula is C28H28N4O6. The number of hydrazone groups is 1. The number of carbonyl (C=O) groups is 4. The fourth-order valence-corrected chi connectivity index (χ4v) is 3.15. The van der Waals surface area contributed by atoms with Crippen molar-refractivity contribution >= 4 is 35.6 Å². The Balaban J connectivity index is 1.37. The van der Waals surface area contributed by atoms with E-state index in [1.165, 1.54) is 30.5 Å². The van der Waals surface area contributed by atoms with Crippen LogP contribution in [0.3, 0.4) is 0 Å². The molecule has 0 aliphatic carbocycles. The van der Waals surface area contributed by atoms with Crippen LogP contribution in [0.2, 0.25) is 0 Å². The molecule has 10 nitrogen and oxygen atoms in total. The molecule has 0 spiro atoms. The molecular weight excluding hydrogens is 488 g/mol. The molecule has 0 radical (unpaired) electrons. The normalized spacial score (nSPS) is 10.4. The molecule has 3 amide bonds. The van der Waals surface area contributed by atoms with Crippen molar-refractivity contribution in [2.24, 2.45) is 5.10 Å². The van der Waals surface area contributed by atoms with Crippen LogP contribution in [-0.2, 0) is 25.5 Å². The third-order valence-corrected chi connectivity index (χ3v) is 5.07. The van der Waals surface area contributed by atoms with E-state index in [0.717, 1.165) is 12.0 Å². The summed E-state index contributed by atoms with van der Waals surface area (Å²) in [6, 6.07) is 22.5. The van der Waals surface area contributed by atoms with Gasteiger partial charge < -0.3 is 20.1 Å². The van der Waals surface area contributed by atoms with Crippen LogP contribution < -0.4 is 20.8 Å².